The van der Waals surface area contributed by atoms with Crippen LogP contribution in [0.2, 0.25) is 0 Å². The number of aromatic nitrogens is 2. The van der Waals surface area contributed by atoms with E-state index in [1.807, 2.05) is 37.4 Å². The molecule has 0 saturated carbocycles. The number of aryl methyl sites for hydroxylation is 1. The Kier molecular flexibility index (Phi) is 5.38. The molecule has 7 rings (SSSR count). The molecule has 0 unspecified atom stereocenters. The largest absolute Gasteiger partial charge is 0.497 e. The first kappa shape index (κ1) is 23.7. The van der Waals surface area contributed by atoms with Gasteiger partial charge >= 0.3 is 0 Å². The summed E-state index contributed by atoms with van der Waals surface area (Å²) in [6.07, 6.45) is 2.11. The van der Waals surface area contributed by atoms with Crippen LogP contribution in [0.1, 0.15) is 24.0 Å². The number of ether oxygens (including phenoxy) is 2. The maximum Gasteiger partial charge on any atom is 0.259 e. The number of carbonyl (C=O) groups excluding carboxylic acids is 2. The van der Waals surface area contributed by atoms with Crippen LogP contribution >= 0.6 is 0 Å². The van der Waals surface area contributed by atoms with Crippen molar-refractivity contribution < 1.29 is 19.1 Å². The first-order chi connectivity index (χ1) is 18.9. The minimum absolute atomic E-state index is 0.217. The Bertz CT molecular complexity index is 1720. The van der Waals surface area contributed by atoms with Gasteiger partial charge in [-0.1, -0.05) is 6.07 Å². The van der Waals surface area contributed by atoms with E-state index in [-0.39, 0.29) is 18.4 Å². The van der Waals surface area contributed by atoms with E-state index in [2.05, 4.69) is 33.1 Å². The summed E-state index contributed by atoms with van der Waals surface area (Å²) in [6.45, 7) is 4.28. The van der Waals surface area contributed by atoms with Crippen molar-refractivity contribution in [3.05, 3.63) is 71.1 Å². The molecular weight excluding hydrogens is 494 g/mol. The standard InChI is InChI=1S/C30H29N5O4/c1-17(36)35-16-24-28(30(35)37)26(21-15-33(2)25-6-4-5-23(31-24)27(21)25)20-14-18-13-19(38-3)7-8-22(18)32-29(20)34-9-11-39-12-10-34/h4-8,13-15,26,31H,9-12,16H2,1-3H3/t26-/m0/s1. The molecule has 2 amide bonds. The Morgan fingerprint density at radius 3 is 2.72 bits per heavy atom. The predicted octanol–water partition coefficient (Wildman–Crippen LogP) is 3.77. The minimum Gasteiger partial charge on any atom is -0.497 e. The average Bonchev–Trinajstić information content (AvgIpc) is 3.41. The number of carbonyl (C=O) groups is 2. The van der Waals surface area contributed by atoms with Gasteiger partial charge in [-0.2, -0.15) is 0 Å². The van der Waals surface area contributed by atoms with Crippen molar-refractivity contribution in [2.45, 2.75) is 12.8 Å². The number of fused-ring (bicyclic) bond motifs is 1. The van der Waals surface area contributed by atoms with E-state index in [9.17, 15) is 9.59 Å². The lowest BCUT2D eigenvalue weighted by molar-refractivity contribution is -0.139. The maximum absolute atomic E-state index is 14.0. The first-order valence-electron chi connectivity index (χ1n) is 13.2. The molecule has 1 N–H and O–H groups in total. The maximum atomic E-state index is 14.0. The van der Waals surface area contributed by atoms with Gasteiger partial charge in [-0.05, 0) is 42.0 Å². The van der Waals surface area contributed by atoms with Gasteiger partial charge in [0, 0.05) is 66.9 Å². The lowest BCUT2D eigenvalue weighted by atomic mass is 9.83. The van der Waals surface area contributed by atoms with E-state index in [0.717, 1.165) is 55.9 Å². The van der Waals surface area contributed by atoms with Gasteiger partial charge in [0.1, 0.15) is 11.6 Å². The molecular formula is C30H29N5O4. The van der Waals surface area contributed by atoms with Gasteiger partial charge in [0.25, 0.3) is 5.91 Å². The number of benzene rings is 2. The van der Waals surface area contributed by atoms with Gasteiger partial charge < -0.3 is 24.3 Å². The Morgan fingerprint density at radius 2 is 1.95 bits per heavy atom. The number of hydrogen-bond donors (Lipinski definition) is 1. The van der Waals surface area contributed by atoms with Crippen molar-refractivity contribution in [2.75, 3.05) is 50.2 Å². The number of amides is 2. The Morgan fingerprint density at radius 1 is 1.13 bits per heavy atom. The van der Waals surface area contributed by atoms with E-state index < -0.39 is 5.92 Å². The number of nitrogens with zero attached hydrogens (tertiary/aromatic N) is 4. The molecule has 39 heavy (non-hydrogen) atoms. The quantitative estimate of drug-likeness (QED) is 0.437. The molecule has 9 nitrogen and oxygen atoms in total. The highest BCUT2D eigenvalue weighted by molar-refractivity contribution is 6.11. The molecule has 0 radical (unpaired) electrons. The molecule has 1 fully saturated rings. The fraction of sp³-hybridized carbons (Fsp3) is 0.300. The van der Waals surface area contributed by atoms with Crippen LogP contribution < -0.4 is 15.0 Å². The SMILES string of the molecule is COc1ccc2nc(N3CCOCC3)c([C@@H]3C4=C(CN(C(C)=O)C4=O)Nc4cccc5c4c3cn5C)cc2c1. The molecule has 0 bridgehead atoms. The predicted molar refractivity (Wildman–Crippen MR) is 149 cm³/mol. The monoisotopic (exact) mass is 523 g/mol. The van der Waals surface area contributed by atoms with Gasteiger partial charge in [-0.3, -0.25) is 14.5 Å². The summed E-state index contributed by atoms with van der Waals surface area (Å²) >= 11 is 0. The smallest absolute Gasteiger partial charge is 0.259 e. The summed E-state index contributed by atoms with van der Waals surface area (Å²) < 4.78 is 13.3. The second-order valence-corrected chi connectivity index (χ2v) is 10.3. The van der Waals surface area contributed by atoms with E-state index in [0.29, 0.717) is 31.9 Å². The van der Waals surface area contributed by atoms with Crippen LogP contribution in [0.25, 0.3) is 21.8 Å². The number of morpholine rings is 1. The third kappa shape index (κ3) is 3.60. The highest BCUT2D eigenvalue weighted by Crippen LogP contribution is 2.48. The molecule has 2 aromatic carbocycles. The summed E-state index contributed by atoms with van der Waals surface area (Å²) in [4.78, 5) is 35.2. The number of imide groups is 1. The second kappa shape index (κ2) is 8.84. The van der Waals surface area contributed by atoms with E-state index >= 15 is 0 Å². The zero-order valence-electron chi connectivity index (χ0n) is 22.2. The fourth-order valence-corrected chi connectivity index (χ4v) is 6.22. The van der Waals surface area contributed by atoms with Gasteiger partial charge in [-0.25, -0.2) is 4.98 Å². The topological polar surface area (TPSA) is 88.9 Å². The summed E-state index contributed by atoms with van der Waals surface area (Å²) in [5.41, 5.74) is 6.13. The normalized spacial score (nSPS) is 18.9. The van der Waals surface area contributed by atoms with Gasteiger partial charge in [0.05, 0.1) is 43.5 Å². The molecule has 4 aromatic rings. The third-order valence-electron chi connectivity index (χ3n) is 8.08. The van der Waals surface area contributed by atoms with Crippen molar-refractivity contribution >= 4 is 45.1 Å². The molecule has 198 valence electrons. The van der Waals surface area contributed by atoms with Gasteiger partial charge in [0.2, 0.25) is 5.91 Å². The van der Waals surface area contributed by atoms with Crippen LogP contribution in [-0.4, -0.2) is 66.2 Å². The first-order valence-corrected chi connectivity index (χ1v) is 13.2. The number of hydrogen-bond acceptors (Lipinski definition) is 7. The van der Waals surface area contributed by atoms with Crippen molar-refractivity contribution in [1.82, 2.24) is 14.5 Å². The second-order valence-electron chi connectivity index (χ2n) is 10.3. The minimum atomic E-state index is -0.433. The lowest BCUT2D eigenvalue weighted by Gasteiger charge is -2.32. The Hall–Kier alpha value is -4.37. The lowest BCUT2D eigenvalue weighted by Crippen LogP contribution is -2.38. The number of anilines is 2. The number of pyridine rings is 1. The Labute approximate surface area is 225 Å². The highest BCUT2D eigenvalue weighted by Gasteiger charge is 2.43. The van der Waals surface area contributed by atoms with Crippen LogP contribution in [-0.2, 0) is 21.4 Å². The fourth-order valence-electron chi connectivity index (χ4n) is 6.22. The van der Waals surface area contributed by atoms with Crippen LogP contribution in [0.4, 0.5) is 11.5 Å². The van der Waals surface area contributed by atoms with Crippen LogP contribution in [0.15, 0.2) is 59.9 Å². The van der Waals surface area contributed by atoms with Gasteiger partial charge in [0.15, 0.2) is 0 Å². The summed E-state index contributed by atoms with van der Waals surface area (Å²) in [7, 11) is 3.67. The van der Waals surface area contributed by atoms with E-state index in [1.54, 1.807) is 7.11 Å². The molecule has 0 aliphatic carbocycles. The van der Waals surface area contributed by atoms with E-state index in [4.69, 9.17) is 14.5 Å². The number of methoxy groups -OCH3 is 1. The highest BCUT2D eigenvalue weighted by atomic mass is 16.5. The third-order valence-corrected chi connectivity index (χ3v) is 8.08. The van der Waals surface area contributed by atoms with Crippen molar-refractivity contribution in [3.8, 4) is 5.75 Å². The Balaban J connectivity index is 1.55. The van der Waals surface area contributed by atoms with Crippen LogP contribution in [0.3, 0.4) is 0 Å². The van der Waals surface area contributed by atoms with E-state index in [1.165, 1.54) is 11.8 Å². The molecule has 9 heteroatoms. The molecule has 1 atom stereocenters. The van der Waals surface area contributed by atoms with Gasteiger partial charge in [-0.15, -0.1) is 0 Å². The number of rotatable bonds is 3. The number of nitrogens with one attached hydrogen (secondary N) is 1. The van der Waals surface area contributed by atoms with Crippen molar-refractivity contribution in [3.63, 3.8) is 0 Å². The zero-order chi connectivity index (χ0) is 26.8. The molecule has 3 aliphatic heterocycles. The summed E-state index contributed by atoms with van der Waals surface area (Å²) in [5, 5.41) is 5.54. The molecule has 5 heterocycles. The molecule has 1 saturated heterocycles. The molecule has 0 spiro atoms. The average molecular weight is 524 g/mol. The molecule has 2 aromatic heterocycles. The van der Waals surface area contributed by atoms with Crippen molar-refractivity contribution in [2.24, 2.45) is 7.05 Å². The molecule has 3 aliphatic rings. The van der Waals surface area contributed by atoms with Crippen LogP contribution in [0, 0.1) is 0 Å². The zero-order valence-corrected chi connectivity index (χ0v) is 22.2. The summed E-state index contributed by atoms with van der Waals surface area (Å²) in [5.74, 6) is 0.605. The van der Waals surface area contributed by atoms with Crippen LogP contribution in [0.5, 0.6) is 5.75 Å². The van der Waals surface area contributed by atoms with Crippen molar-refractivity contribution in [1.29, 1.82) is 0 Å². The summed E-state index contributed by atoms with van der Waals surface area (Å²) in [6, 6.07) is 14.1.